The van der Waals surface area contributed by atoms with Gasteiger partial charge in [-0.15, -0.1) is 11.3 Å². The van der Waals surface area contributed by atoms with Crippen molar-refractivity contribution in [2.75, 3.05) is 32.5 Å². The van der Waals surface area contributed by atoms with Gasteiger partial charge < -0.3 is 15.4 Å². The molecule has 2 aromatic rings. The van der Waals surface area contributed by atoms with Crippen molar-refractivity contribution < 1.29 is 13.9 Å². The van der Waals surface area contributed by atoms with Gasteiger partial charge in [-0.05, 0) is 18.6 Å². The minimum atomic E-state index is -0.376. The van der Waals surface area contributed by atoms with Crippen LogP contribution >= 0.6 is 11.3 Å². The predicted octanol–water partition coefficient (Wildman–Crippen LogP) is 2.73. The number of nitrogens with two attached hydrogens (primary N) is 1. The topological polar surface area (TPSA) is 55.6 Å². The Morgan fingerprint density at radius 3 is 3.10 bits per heavy atom. The first-order valence-electron chi connectivity index (χ1n) is 6.86. The first-order valence-corrected chi connectivity index (χ1v) is 7.68. The molecule has 1 amide bonds. The zero-order valence-corrected chi connectivity index (χ0v) is 12.6. The summed E-state index contributed by atoms with van der Waals surface area (Å²) in [5, 5.41) is 0.360. The smallest absolute Gasteiger partial charge is 0.266 e. The third-order valence-electron chi connectivity index (χ3n) is 3.87. The summed E-state index contributed by atoms with van der Waals surface area (Å²) < 4.78 is 19.7. The fourth-order valence-electron chi connectivity index (χ4n) is 2.82. The van der Waals surface area contributed by atoms with Crippen molar-refractivity contribution in [2.45, 2.75) is 6.42 Å². The largest absolute Gasteiger partial charge is 0.397 e. The van der Waals surface area contributed by atoms with Crippen molar-refractivity contribution in [3.8, 4) is 0 Å². The highest BCUT2D eigenvalue weighted by molar-refractivity contribution is 7.21. The number of methoxy groups -OCH3 is 1. The number of likely N-dealkylation sites (tertiary alicyclic amines) is 1. The molecule has 3 rings (SSSR count). The summed E-state index contributed by atoms with van der Waals surface area (Å²) in [5.74, 6) is -0.114. The van der Waals surface area contributed by atoms with Crippen LogP contribution in [0.25, 0.3) is 10.1 Å². The lowest BCUT2D eigenvalue weighted by atomic mass is 10.1. The van der Waals surface area contributed by atoms with Gasteiger partial charge in [-0.2, -0.15) is 0 Å². The molecule has 1 atom stereocenters. The van der Waals surface area contributed by atoms with Gasteiger partial charge in [-0.25, -0.2) is 4.39 Å². The number of anilines is 1. The van der Waals surface area contributed by atoms with Crippen LogP contribution in [0.3, 0.4) is 0 Å². The lowest BCUT2D eigenvalue weighted by Gasteiger charge is -2.15. The van der Waals surface area contributed by atoms with Crippen molar-refractivity contribution in [2.24, 2.45) is 5.92 Å². The number of amides is 1. The monoisotopic (exact) mass is 308 g/mol. The van der Waals surface area contributed by atoms with Gasteiger partial charge in [0.2, 0.25) is 0 Å². The summed E-state index contributed by atoms with van der Waals surface area (Å²) in [7, 11) is 1.66. The third kappa shape index (κ3) is 2.49. The number of carbonyl (C=O) groups excluding carboxylic acids is 1. The number of benzene rings is 1. The number of hydrogen-bond acceptors (Lipinski definition) is 4. The fraction of sp³-hybridized carbons (Fsp3) is 0.400. The SMILES string of the molecule is COCC1CCN(C(=O)c2sc3cccc(F)c3c2N)C1. The molecule has 1 fully saturated rings. The maximum absolute atomic E-state index is 13.8. The van der Waals surface area contributed by atoms with Crippen LogP contribution in [0.2, 0.25) is 0 Å². The normalized spacial score (nSPS) is 18.6. The molecule has 1 aliphatic rings. The van der Waals surface area contributed by atoms with E-state index in [0.717, 1.165) is 6.42 Å². The molecule has 1 aliphatic heterocycles. The Kier molecular flexibility index (Phi) is 3.82. The summed E-state index contributed by atoms with van der Waals surface area (Å²) in [6.45, 7) is 2.02. The van der Waals surface area contributed by atoms with Crippen LogP contribution in [-0.2, 0) is 4.74 Å². The zero-order valence-electron chi connectivity index (χ0n) is 11.8. The Bertz CT molecular complexity index is 686. The highest BCUT2D eigenvalue weighted by Gasteiger charge is 2.29. The molecule has 0 saturated carbocycles. The lowest BCUT2D eigenvalue weighted by Crippen LogP contribution is -2.29. The Morgan fingerprint density at radius 1 is 1.57 bits per heavy atom. The Morgan fingerprint density at radius 2 is 2.38 bits per heavy atom. The summed E-state index contributed by atoms with van der Waals surface area (Å²) in [5.41, 5.74) is 6.26. The number of carbonyl (C=O) groups is 1. The quantitative estimate of drug-likeness (QED) is 0.948. The van der Waals surface area contributed by atoms with Crippen LogP contribution < -0.4 is 5.73 Å². The number of thiophene rings is 1. The number of hydrogen-bond donors (Lipinski definition) is 1. The molecule has 6 heteroatoms. The van der Waals surface area contributed by atoms with Crippen LogP contribution in [0, 0.1) is 11.7 Å². The number of fused-ring (bicyclic) bond motifs is 1. The molecular formula is C15H17FN2O2S. The van der Waals surface area contributed by atoms with Crippen molar-refractivity contribution in [3.05, 3.63) is 28.9 Å². The summed E-state index contributed by atoms with van der Waals surface area (Å²) in [6, 6.07) is 4.78. The second kappa shape index (κ2) is 5.61. The van der Waals surface area contributed by atoms with E-state index in [-0.39, 0.29) is 17.4 Å². The molecule has 112 valence electrons. The molecular weight excluding hydrogens is 291 g/mol. The molecule has 0 radical (unpaired) electrons. The van der Waals surface area contributed by atoms with E-state index in [4.69, 9.17) is 10.5 Å². The number of halogens is 1. The minimum Gasteiger partial charge on any atom is -0.397 e. The molecule has 0 bridgehead atoms. The number of rotatable bonds is 3. The molecule has 0 spiro atoms. The van der Waals surface area contributed by atoms with E-state index in [1.54, 1.807) is 24.1 Å². The summed E-state index contributed by atoms with van der Waals surface area (Å²) in [6.07, 6.45) is 0.929. The molecule has 0 aliphatic carbocycles. The average molecular weight is 308 g/mol. The van der Waals surface area contributed by atoms with Gasteiger partial charge in [-0.3, -0.25) is 4.79 Å². The highest BCUT2D eigenvalue weighted by Crippen LogP contribution is 2.36. The summed E-state index contributed by atoms with van der Waals surface area (Å²) in [4.78, 5) is 14.8. The van der Waals surface area contributed by atoms with Gasteiger partial charge in [0, 0.05) is 30.8 Å². The molecule has 1 unspecified atom stereocenters. The van der Waals surface area contributed by atoms with Crippen LogP contribution in [0.1, 0.15) is 16.1 Å². The van der Waals surface area contributed by atoms with E-state index in [0.29, 0.717) is 40.6 Å². The predicted molar refractivity (Wildman–Crippen MR) is 82.1 cm³/mol. The number of nitrogen functional groups attached to an aromatic ring is 1. The van der Waals surface area contributed by atoms with E-state index < -0.39 is 0 Å². The average Bonchev–Trinajstić information content (AvgIpc) is 3.05. The molecule has 4 nitrogen and oxygen atoms in total. The first kappa shape index (κ1) is 14.3. The maximum Gasteiger partial charge on any atom is 0.266 e. The lowest BCUT2D eigenvalue weighted by molar-refractivity contribution is 0.0781. The Labute approximate surface area is 126 Å². The second-order valence-electron chi connectivity index (χ2n) is 5.32. The van der Waals surface area contributed by atoms with Crippen LogP contribution in [0.4, 0.5) is 10.1 Å². The van der Waals surface area contributed by atoms with E-state index in [2.05, 4.69) is 0 Å². The van der Waals surface area contributed by atoms with Gasteiger partial charge in [0.1, 0.15) is 10.7 Å². The van der Waals surface area contributed by atoms with E-state index in [9.17, 15) is 9.18 Å². The van der Waals surface area contributed by atoms with E-state index >= 15 is 0 Å². The molecule has 1 aromatic carbocycles. The van der Waals surface area contributed by atoms with Crippen LogP contribution in [0.5, 0.6) is 0 Å². The second-order valence-corrected chi connectivity index (χ2v) is 6.37. The van der Waals surface area contributed by atoms with Gasteiger partial charge in [0.25, 0.3) is 5.91 Å². The zero-order chi connectivity index (χ0) is 15.0. The fourth-order valence-corrected chi connectivity index (χ4v) is 3.93. The molecule has 21 heavy (non-hydrogen) atoms. The number of ether oxygens (including phenoxy) is 1. The first-order chi connectivity index (χ1) is 10.1. The molecule has 1 saturated heterocycles. The van der Waals surface area contributed by atoms with Crippen molar-refractivity contribution in [1.29, 1.82) is 0 Å². The third-order valence-corrected chi connectivity index (χ3v) is 5.03. The summed E-state index contributed by atoms with van der Waals surface area (Å²) >= 11 is 1.26. The maximum atomic E-state index is 13.8. The molecule has 1 aromatic heterocycles. The van der Waals surface area contributed by atoms with Crippen LogP contribution in [0.15, 0.2) is 18.2 Å². The Hall–Kier alpha value is -1.66. The van der Waals surface area contributed by atoms with E-state index in [1.807, 2.05) is 0 Å². The van der Waals surface area contributed by atoms with Crippen LogP contribution in [-0.4, -0.2) is 37.6 Å². The minimum absolute atomic E-state index is 0.105. The number of nitrogens with zero attached hydrogens (tertiary/aromatic N) is 1. The van der Waals surface area contributed by atoms with Crippen molar-refractivity contribution in [1.82, 2.24) is 4.90 Å². The molecule has 2 heterocycles. The highest BCUT2D eigenvalue weighted by atomic mass is 32.1. The van der Waals surface area contributed by atoms with Crippen molar-refractivity contribution in [3.63, 3.8) is 0 Å². The van der Waals surface area contributed by atoms with Gasteiger partial charge in [0.05, 0.1) is 17.7 Å². The molecule has 2 N–H and O–H groups in total. The van der Waals surface area contributed by atoms with E-state index in [1.165, 1.54) is 17.4 Å². The Balaban J connectivity index is 1.89. The van der Waals surface area contributed by atoms with Gasteiger partial charge in [0.15, 0.2) is 0 Å². The van der Waals surface area contributed by atoms with Gasteiger partial charge >= 0.3 is 0 Å². The van der Waals surface area contributed by atoms with Crippen molar-refractivity contribution >= 4 is 33.0 Å². The standard InChI is InChI=1S/C15H17FN2O2S/c1-20-8-9-5-6-18(7-9)15(19)14-13(17)12-10(16)3-2-4-11(12)21-14/h2-4,9H,5-8,17H2,1H3. The van der Waals surface area contributed by atoms with Gasteiger partial charge in [-0.1, -0.05) is 6.07 Å².